The molecule has 0 unspecified atom stereocenters. The Bertz CT molecular complexity index is 395. The molecule has 0 spiro atoms. The van der Waals surface area contributed by atoms with Crippen molar-refractivity contribution < 1.29 is 14.6 Å². The maximum atomic E-state index is 10.4. The molecular weight excluding hydrogens is 242 g/mol. The molecule has 94 valence electrons. The van der Waals surface area contributed by atoms with E-state index in [1.165, 1.54) is 0 Å². The largest absolute Gasteiger partial charge is 0.492 e. The molecule has 0 aliphatic rings. The van der Waals surface area contributed by atoms with Gasteiger partial charge in [-0.15, -0.1) is 0 Å². The molecule has 5 heteroatoms. The van der Waals surface area contributed by atoms with Gasteiger partial charge in [0.1, 0.15) is 12.4 Å². The highest BCUT2D eigenvalue weighted by Crippen LogP contribution is 2.21. The third-order valence-corrected chi connectivity index (χ3v) is 2.51. The first-order chi connectivity index (χ1) is 7.99. The van der Waals surface area contributed by atoms with Crippen LogP contribution in [-0.2, 0) is 4.79 Å². The molecule has 0 aliphatic carbocycles. The van der Waals surface area contributed by atoms with Crippen LogP contribution < -0.4 is 4.74 Å². The van der Waals surface area contributed by atoms with E-state index < -0.39 is 5.97 Å². The lowest BCUT2D eigenvalue weighted by atomic mass is 10.2. The molecule has 1 N–H and O–H groups in total. The van der Waals surface area contributed by atoms with Crippen LogP contribution in [0.2, 0.25) is 5.02 Å². The average molecular weight is 258 g/mol. The predicted molar refractivity (Wildman–Crippen MR) is 66.8 cm³/mol. The van der Waals surface area contributed by atoms with E-state index in [4.69, 9.17) is 21.4 Å². The quantitative estimate of drug-likeness (QED) is 0.847. The summed E-state index contributed by atoms with van der Waals surface area (Å²) in [5.74, 6) is -0.0618. The number of nitrogens with zero attached hydrogens (tertiary/aromatic N) is 1. The number of hydrogen-bond donors (Lipinski definition) is 1. The van der Waals surface area contributed by atoms with E-state index in [-0.39, 0.29) is 6.54 Å². The summed E-state index contributed by atoms with van der Waals surface area (Å²) in [4.78, 5) is 12.1. The Hall–Kier alpha value is -1.26. The lowest BCUT2D eigenvalue weighted by Crippen LogP contribution is -2.29. The van der Waals surface area contributed by atoms with Crippen molar-refractivity contribution in [3.63, 3.8) is 0 Å². The second kappa shape index (κ2) is 6.47. The fraction of sp³-hybridized carbons (Fsp3) is 0.417. The van der Waals surface area contributed by atoms with Gasteiger partial charge in [-0.3, -0.25) is 9.69 Å². The zero-order chi connectivity index (χ0) is 12.8. The van der Waals surface area contributed by atoms with E-state index >= 15 is 0 Å². The number of aryl methyl sites for hydroxylation is 1. The third-order valence-electron chi connectivity index (χ3n) is 2.27. The van der Waals surface area contributed by atoms with E-state index in [1.54, 1.807) is 18.0 Å². The van der Waals surface area contributed by atoms with Crippen molar-refractivity contribution in [1.29, 1.82) is 0 Å². The number of carbonyl (C=O) groups is 1. The fourth-order valence-corrected chi connectivity index (χ4v) is 1.62. The number of ether oxygens (including phenoxy) is 1. The zero-order valence-corrected chi connectivity index (χ0v) is 10.7. The van der Waals surface area contributed by atoms with Gasteiger partial charge in [-0.05, 0) is 37.7 Å². The molecule has 0 atom stereocenters. The van der Waals surface area contributed by atoms with Crippen LogP contribution in [0, 0.1) is 6.92 Å². The van der Waals surface area contributed by atoms with Crippen LogP contribution in [0.5, 0.6) is 5.75 Å². The molecule has 0 bridgehead atoms. The molecule has 1 aromatic rings. The Kier molecular flexibility index (Phi) is 5.25. The first-order valence-electron chi connectivity index (χ1n) is 5.28. The molecule has 0 aromatic heterocycles. The fourth-order valence-electron chi connectivity index (χ4n) is 1.40. The first-order valence-corrected chi connectivity index (χ1v) is 5.66. The molecule has 17 heavy (non-hydrogen) atoms. The number of hydrogen-bond acceptors (Lipinski definition) is 3. The number of likely N-dealkylation sites (N-methyl/N-ethyl adjacent to an activating group) is 1. The normalized spacial score (nSPS) is 10.6. The Balaban J connectivity index is 2.38. The number of carboxylic acids is 1. The van der Waals surface area contributed by atoms with Crippen LogP contribution in [0.1, 0.15) is 5.56 Å². The predicted octanol–water partition coefficient (Wildman–Crippen LogP) is 2.04. The van der Waals surface area contributed by atoms with Gasteiger partial charge in [0.25, 0.3) is 0 Å². The van der Waals surface area contributed by atoms with E-state index in [9.17, 15) is 4.79 Å². The molecule has 4 nitrogen and oxygen atoms in total. The SMILES string of the molecule is Cc1cc(Cl)ccc1OCCN(C)CC(=O)O. The molecule has 0 amide bonds. The monoisotopic (exact) mass is 257 g/mol. The van der Waals surface area contributed by atoms with Crippen molar-refractivity contribution in [2.24, 2.45) is 0 Å². The summed E-state index contributed by atoms with van der Waals surface area (Å²) in [6.07, 6.45) is 0. The van der Waals surface area contributed by atoms with Crippen molar-refractivity contribution in [2.45, 2.75) is 6.92 Å². The topological polar surface area (TPSA) is 49.8 Å². The number of carboxylic acid groups (broad SMARTS) is 1. The van der Waals surface area contributed by atoms with Gasteiger partial charge >= 0.3 is 5.97 Å². The highest BCUT2D eigenvalue weighted by atomic mass is 35.5. The number of aliphatic carboxylic acids is 1. The lowest BCUT2D eigenvalue weighted by Gasteiger charge is -2.15. The summed E-state index contributed by atoms with van der Waals surface area (Å²) >= 11 is 5.83. The summed E-state index contributed by atoms with van der Waals surface area (Å²) in [6, 6.07) is 5.41. The van der Waals surface area contributed by atoms with Gasteiger partial charge in [0, 0.05) is 11.6 Å². The Morgan fingerprint density at radius 3 is 2.82 bits per heavy atom. The van der Waals surface area contributed by atoms with E-state index in [0.29, 0.717) is 18.2 Å². The first kappa shape index (κ1) is 13.8. The Morgan fingerprint density at radius 2 is 2.24 bits per heavy atom. The standard InChI is InChI=1S/C12H16ClNO3/c1-9-7-10(13)3-4-11(9)17-6-5-14(2)8-12(15)16/h3-4,7H,5-6,8H2,1-2H3,(H,15,16). The molecule has 0 fully saturated rings. The minimum atomic E-state index is -0.838. The van der Waals surface area contributed by atoms with Gasteiger partial charge in [-0.2, -0.15) is 0 Å². The minimum Gasteiger partial charge on any atom is -0.492 e. The number of rotatable bonds is 6. The third kappa shape index (κ3) is 5.06. The van der Waals surface area contributed by atoms with E-state index in [0.717, 1.165) is 11.3 Å². The second-order valence-corrected chi connectivity index (χ2v) is 4.33. The molecule has 1 aromatic carbocycles. The van der Waals surface area contributed by atoms with Crippen molar-refractivity contribution in [1.82, 2.24) is 4.90 Å². The van der Waals surface area contributed by atoms with Gasteiger partial charge in [0.15, 0.2) is 0 Å². The zero-order valence-electron chi connectivity index (χ0n) is 9.94. The number of halogens is 1. The summed E-state index contributed by atoms with van der Waals surface area (Å²) in [5.41, 5.74) is 0.971. The lowest BCUT2D eigenvalue weighted by molar-refractivity contribution is -0.138. The van der Waals surface area contributed by atoms with Crippen molar-refractivity contribution in [3.05, 3.63) is 28.8 Å². The molecular formula is C12H16ClNO3. The molecule has 0 saturated heterocycles. The van der Waals surface area contributed by atoms with Gasteiger partial charge in [0.2, 0.25) is 0 Å². The van der Waals surface area contributed by atoms with Crippen molar-refractivity contribution in [3.8, 4) is 5.75 Å². The van der Waals surface area contributed by atoms with Crippen molar-refractivity contribution in [2.75, 3.05) is 26.7 Å². The maximum Gasteiger partial charge on any atom is 0.317 e. The molecule has 0 radical (unpaired) electrons. The Labute approximate surface area is 106 Å². The Morgan fingerprint density at radius 1 is 1.53 bits per heavy atom. The van der Waals surface area contributed by atoms with Gasteiger partial charge in [-0.1, -0.05) is 11.6 Å². The summed E-state index contributed by atoms with van der Waals surface area (Å²) < 4.78 is 5.55. The molecule has 1 rings (SSSR count). The molecule has 0 aliphatic heterocycles. The van der Waals surface area contributed by atoms with Crippen LogP contribution in [0.4, 0.5) is 0 Å². The van der Waals surface area contributed by atoms with E-state index in [2.05, 4.69) is 0 Å². The van der Waals surface area contributed by atoms with Crippen LogP contribution in [0.25, 0.3) is 0 Å². The minimum absolute atomic E-state index is 0.0168. The molecule has 0 heterocycles. The number of benzene rings is 1. The highest BCUT2D eigenvalue weighted by Gasteiger charge is 2.05. The van der Waals surface area contributed by atoms with Gasteiger partial charge in [-0.25, -0.2) is 0 Å². The summed E-state index contributed by atoms with van der Waals surface area (Å²) in [6.45, 7) is 2.95. The summed E-state index contributed by atoms with van der Waals surface area (Å²) in [5, 5.41) is 9.26. The smallest absolute Gasteiger partial charge is 0.317 e. The maximum absolute atomic E-state index is 10.4. The molecule has 0 saturated carbocycles. The van der Waals surface area contributed by atoms with Crippen LogP contribution in [0.15, 0.2) is 18.2 Å². The van der Waals surface area contributed by atoms with Crippen LogP contribution in [0.3, 0.4) is 0 Å². The van der Waals surface area contributed by atoms with Crippen LogP contribution >= 0.6 is 11.6 Å². The van der Waals surface area contributed by atoms with E-state index in [1.807, 2.05) is 19.1 Å². The second-order valence-electron chi connectivity index (χ2n) is 3.89. The highest BCUT2D eigenvalue weighted by molar-refractivity contribution is 6.30. The average Bonchev–Trinajstić information content (AvgIpc) is 2.20. The van der Waals surface area contributed by atoms with Crippen LogP contribution in [-0.4, -0.2) is 42.7 Å². The summed E-state index contributed by atoms with van der Waals surface area (Å²) in [7, 11) is 1.74. The van der Waals surface area contributed by atoms with Gasteiger partial charge < -0.3 is 9.84 Å². The van der Waals surface area contributed by atoms with Crippen molar-refractivity contribution >= 4 is 17.6 Å². The van der Waals surface area contributed by atoms with Gasteiger partial charge in [0.05, 0.1) is 6.54 Å².